The van der Waals surface area contributed by atoms with Crippen LogP contribution in [-0.2, 0) is 0 Å². The Morgan fingerprint density at radius 3 is 2.80 bits per heavy atom. The fourth-order valence-electron chi connectivity index (χ4n) is 0.876. The van der Waals surface area contributed by atoms with Crippen molar-refractivity contribution < 1.29 is 9.90 Å². The van der Waals surface area contributed by atoms with Gasteiger partial charge < -0.3 is 5.11 Å². The van der Waals surface area contributed by atoms with E-state index in [1.165, 1.54) is 41.9 Å². The maximum Gasteiger partial charge on any atom is 0.354 e. The average molecular weight is 239 g/mol. The van der Waals surface area contributed by atoms with Crippen molar-refractivity contribution in [2.45, 2.75) is 9.24 Å². The van der Waals surface area contributed by atoms with E-state index in [-0.39, 0.29) is 5.69 Å². The minimum absolute atomic E-state index is 0.0385. The first-order valence-corrected chi connectivity index (χ1v) is 5.48. The summed E-state index contributed by atoms with van der Waals surface area (Å²) in [4.78, 5) is 19.2. The summed E-state index contributed by atoms with van der Waals surface area (Å²) in [5, 5.41) is 8.64. The van der Waals surface area contributed by atoms with E-state index in [1.54, 1.807) is 6.07 Å². The molecule has 0 saturated carbocycles. The summed E-state index contributed by atoms with van der Waals surface area (Å²) in [7, 11) is 0. The van der Waals surface area contributed by atoms with Gasteiger partial charge in [0.25, 0.3) is 0 Å². The summed E-state index contributed by atoms with van der Waals surface area (Å²) in [5.74, 6) is -1.03. The molecule has 0 aromatic carbocycles. The molecule has 76 valence electrons. The molecule has 15 heavy (non-hydrogen) atoms. The van der Waals surface area contributed by atoms with Crippen molar-refractivity contribution in [1.82, 2.24) is 14.3 Å². The molecule has 1 N–H and O–H groups in total. The topological polar surface area (TPSA) is 76.0 Å². The molecule has 0 aliphatic carbocycles. The summed E-state index contributed by atoms with van der Waals surface area (Å²) >= 11 is 2.69. The van der Waals surface area contributed by atoms with E-state index in [2.05, 4.69) is 14.3 Å². The molecule has 0 aliphatic rings. The molecule has 0 aliphatic heterocycles. The van der Waals surface area contributed by atoms with Crippen molar-refractivity contribution >= 4 is 29.3 Å². The highest BCUT2D eigenvalue weighted by Crippen LogP contribution is 2.27. The Labute approximate surface area is 93.4 Å². The molecule has 0 radical (unpaired) electrons. The van der Waals surface area contributed by atoms with Gasteiger partial charge in [-0.15, -0.1) is 0 Å². The summed E-state index contributed by atoms with van der Waals surface area (Å²) in [6, 6.07) is 3.16. The van der Waals surface area contributed by atoms with E-state index in [0.29, 0.717) is 0 Å². The Bertz CT molecular complexity index is 455. The molecule has 0 fully saturated rings. The average Bonchev–Trinajstić information content (AvgIpc) is 2.71. The smallest absolute Gasteiger partial charge is 0.354 e. The minimum Gasteiger partial charge on any atom is -0.477 e. The molecule has 0 unspecified atom stereocenters. The lowest BCUT2D eigenvalue weighted by molar-refractivity contribution is 0.0690. The van der Waals surface area contributed by atoms with E-state index in [0.717, 1.165) is 9.24 Å². The predicted molar refractivity (Wildman–Crippen MR) is 55.2 cm³/mol. The summed E-state index contributed by atoms with van der Waals surface area (Å²) < 4.78 is 4.66. The van der Waals surface area contributed by atoms with Crippen molar-refractivity contribution in [3.8, 4) is 0 Å². The molecule has 0 amide bonds. The number of carboxylic acid groups (broad SMARTS) is 1. The van der Waals surface area contributed by atoms with Crippen molar-refractivity contribution in [3.63, 3.8) is 0 Å². The Balaban J connectivity index is 2.14. The molecule has 0 saturated heterocycles. The van der Waals surface area contributed by atoms with E-state index in [9.17, 15) is 4.79 Å². The number of rotatable bonds is 3. The molecule has 5 nitrogen and oxygen atoms in total. The molecule has 2 rings (SSSR count). The van der Waals surface area contributed by atoms with Crippen LogP contribution in [0.4, 0.5) is 0 Å². The Morgan fingerprint density at radius 1 is 1.40 bits per heavy atom. The number of carbonyl (C=O) groups is 1. The molecular formula is C8H5N3O2S2. The van der Waals surface area contributed by atoms with Gasteiger partial charge in [-0.05, 0) is 23.7 Å². The van der Waals surface area contributed by atoms with Crippen LogP contribution in [-0.4, -0.2) is 25.4 Å². The zero-order valence-corrected chi connectivity index (χ0v) is 8.96. The van der Waals surface area contributed by atoms with Crippen LogP contribution >= 0.6 is 23.3 Å². The van der Waals surface area contributed by atoms with E-state index in [4.69, 9.17) is 5.11 Å². The SMILES string of the molecule is O=C(O)c1ccc(Sc2ncns2)cn1. The van der Waals surface area contributed by atoms with Gasteiger partial charge in [0.15, 0.2) is 4.34 Å². The van der Waals surface area contributed by atoms with Crippen molar-refractivity contribution in [2.75, 3.05) is 0 Å². The van der Waals surface area contributed by atoms with Gasteiger partial charge >= 0.3 is 5.97 Å². The number of carboxylic acids is 1. The fourth-order valence-corrected chi connectivity index (χ4v) is 2.26. The second kappa shape index (κ2) is 4.37. The Morgan fingerprint density at radius 2 is 2.27 bits per heavy atom. The van der Waals surface area contributed by atoms with Gasteiger partial charge in [-0.3, -0.25) is 0 Å². The quantitative estimate of drug-likeness (QED) is 0.879. The molecule has 2 aromatic heterocycles. The maximum absolute atomic E-state index is 10.5. The lowest BCUT2D eigenvalue weighted by Gasteiger charge is -1.96. The monoisotopic (exact) mass is 239 g/mol. The third kappa shape index (κ3) is 2.51. The maximum atomic E-state index is 10.5. The molecule has 2 aromatic rings. The number of hydrogen-bond donors (Lipinski definition) is 1. The first kappa shape index (κ1) is 10.1. The second-order valence-corrected chi connectivity index (χ2v) is 4.59. The van der Waals surface area contributed by atoms with Gasteiger partial charge in [-0.25, -0.2) is 14.8 Å². The van der Waals surface area contributed by atoms with Crippen LogP contribution in [0.2, 0.25) is 0 Å². The molecule has 7 heteroatoms. The van der Waals surface area contributed by atoms with Crippen molar-refractivity contribution in [3.05, 3.63) is 30.4 Å². The highest BCUT2D eigenvalue weighted by molar-refractivity contribution is 8.01. The van der Waals surface area contributed by atoms with Crippen LogP contribution in [0, 0.1) is 0 Å². The third-order valence-corrected chi connectivity index (χ3v) is 3.19. The van der Waals surface area contributed by atoms with E-state index >= 15 is 0 Å². The normalized spacial score (nSPS) is 10.1. The van der Waals surface area contributed by atoms with Crippen LogP contribution in [0.1, 0.15) is 10.5 Å². The highest BCUT2D eigenvalue weighted by atomic mass is 32.2. The van der Waals surface area contributed by atoms with Gasteiger partial charge in [0.05, 0.1) is 0 Å². The zero-order valence-electron chi connectivity index (χ0n) is 7.32. The van der Waals surface area contributed by atoms with Crippen LogP contribution in [0.25, 0.3) is 0 Å². The molecular weight excluding hydrogens is 234 g/mol. The van der Waals surface area contributed by atoms with Crippen molar-refractivity contribution in [1.29, 1.82) is 0 Å². The van der Waals surface area contributed by atoms with Crippen LogP contribution in [0.15, 0.2) is 33.9 Å². The summed E-state index contributed by atoms with van der Waals surface area (Å²) in [6.07, 6.45) is 2.99. The standard InChI is InChI=1S/C8H5N3O2S2/c12-7(13)6-2-1-5(3-9-6)14-8-10-4-11-15-8/h1-4H,(H,12,13). The van der Waals surface area contributed by atoms with Gasteiger partial charge in [0, 0.05) is 11.1 Å². The zero-order chi connectivity index (χ0) is 10.7. The van der Waals surface area contributed by atoms with Crippen LogP contribution < -0.4 is 0 Å². The largest absolute Gasteiger partial charge is 0.477 e. The lowest BCUT2D eigenvalue weighted by atomic mass is 10.4. The summed E-state index contributed by atoms with van der Waals surface area (Å²) in [6.45, 7) is 0. The van der Waals surface area contributed by atoms with E-state index < -0.39 is 5.97 Å². The number of aromatic nitrogens is 3. The van der Waals surface area contributed by atoms with Gasteiger partial charge in [0.1, 0.15) is 12.0 Å². The third-order valence-electron chi connectivity index (χ3n) is 1.50. The summed E-state index contributed by atoms with van der Waals surface area (Å²) in [5.41, 5.74) is 0.0385. The Kier molecular flexibility index (Phi) is 2.93. The number of nitrogens with zero attached hydrogens (tertiary/aromatic N) is 3. The number of pyridine rings is 1. The molecule has 0 atom stereocenters. The predicted octanol–water partition coefficient (Wildman–Crippen LogP) is 1.78. The molecule has 0 spiro atoms. The van der Waals surface area contributed by atoms with Gasteiger partial charge in [-0.2, -0.15) is 4.37 Å². The number of aromatic carboxylic acids is 1. The first-order chi connectivity index (χ1) is 7.25. The van der Waals surface area contributed by atoms with Gasteiger partial charge in [0.2, 0.25) is 0 Å². The second-order valence-electron chi connectivity index (χ2n) is 2.49. The van der Waals surface area contributed by atoms with Gasteiger partial charge in [-0.1, -0.05) is 11.8 Å². The number of hydrogen-bond acceptors (Lipinski definition) is 6. The highest BCUT2D eigenvalue weighted by Gasteiger charge is 2.05. The van der Waals surface area contributed by atoms with Crippen molar-refractivity contribution in [2.24, 2.45) is 0 Å². The minimum atomic E-state index is -1.03. The molecule has 2 heterocycles. The lowest BCUT2D eigenvalue weighted by Crippen LogP contribution is -1.98. The van der Waals surface area contributed by atoms with Crippen LogP contribution in [0.5, 0.6) is 0 Å². The molecule has 0 bridgehead atoms. The van der Waals surface area contributed by atoms with Crippen LogP contribution in [0.3, 0.4) is 0 Å². The fraction of sp³-hybridized carbons (Fsp3) is 0. The van der Waals surface area contributed by atoms with E-state index in [1.807, 2.05) is 0 Å². The first-order valence-electron chi connectivity index (χ1n) is 3.89. The Hall–Kier alpha value is -1.47.